The molecule has 1 aliphatic rings. The van der Waals surface area contributed by atoms with Gasteiger partial charge in [-0.3, -0.25) is 4.79 Å². The Hall–Kier alpha value is -3.26. The molecule has 1 unspecified atom stereocenters. The Morgan fingerprint density at radius 2 is 1.89 bits per heavy atom. The van der Waals surface area contributed by atoms with Crippen LogP contribution in [0.25, 0.3) is 10.9 Å². The van der Waals surface area contributed by atoms with Gasteiger partial charge in [0.15, 0.2) is 6.10 Å². The van der Waals surface area contributed by atoms with Crippen molar-refractivity contribution < 1.29 is 9.53 Å². The molecule has 1 aliphatic heterocycles. The number of nitriles is 1. The van der Waals surface area contributed by atoms with E-state index in [1.165, 1.54) is 16.5 Å². The quantitative estimate of drug-likeness (QED) is 0.745. The molecule has 0 aliphatic carbocycles. The number of fused-ring (bicyclic) bond motifs is 1. The van der Waals surface area contributed by atoms with E-state index in [1.807, 2.05) is 11.0 Å². The Labute approximate surface area is 164 Å². The maximum absolute atomic E-state index is 12.8. The highest BCUT2D eigenvalue weighted by atomic mass is 16.5. The molecule has 0 saturated carbocycles. The average molecular weight is 373 g/mol. The number of aromatic nitrogens is 1. The summed E-state index contributed by atoms with van der Waals surface area (Å²) in [4.78, 5) is 18.0. The summed E-state index contributed by atoms with van der Waals surface area (Å²) in [6.45, 7) is 3.26. The predicted molar refractivity (Wildman–Crippen MR) is 108 cm³/mol. The molecule has 28 heavy (non-hydrogen) atoms. The molecule has 1 amide bonds. The number of amides is 1. The van der Waals surface area contributed by atoms with Crippen molar-refractivity contribution in [3.05, 3.63) is 65.9 Å². The third-order valence-electron chi connectivity index (χ3n) is 5.51. The fourth-order valence-corrected chi connectivity index (χ4v) is 3.96. The number of H-pyrrole nitrogens is 1. The summed E-state index contributed by atoms with van der Waals surface area (Å²) in [5, 5.41) is 10.1. The zero-order valence-electron chi connectivity index (χ0n) is 15.9. The number of para-hydroxylation sites is 1. The van der Waals surface area contributed by atoms with Gasteiger partial charge in [0.1, 0.15) is 5.75 Å². The number of hydrogen-bond donors (Lipinski definition) is 1. The second-order valence-corrected chi connectivity index (χ2v) is 7.29. The first-order valence-corrected chi connectivity index (χ1v) is 9.67. The van der Waals surface area contributed by atoms with Gasteiger partial charge in [-0.1, -0.05) is 18.2 Å². The van der Waals surface area contributed by atoms with Crippen molar-refractivity contribution >= 4 is 16.8 Å². The lowest BCUT2D eigenvalue weighted by Gasteiger charge is -2.33. The number of carbonyl (C=O) groups excluding carboxylic acids is 1. The molecule has 142 valence electrons. The Morgan fingerprint density at radius 1 is 1.18 bits per heavy atom. The Bertz CT molecular complexity index is 1010. The highest BCUT2D eigenvalue weighted by Crippen LogP contribution is 2.33. The lowest BCUT2D eigenvalue weighted by molar-refractivity contribution is -0.139. The number of likely N-dealkylation sites (tertiary alicyclic amines) is 1. The van der Waals surface area contributed by atoms with Crippen LogP contribution in [-0.4, -0.2) is 35.0 Å². The van der Waals surface area contributed by atoms with Gasteiger partial charge >= 0.3 is 0 Å². The summed E-state index contributed by atoms with van der Waals surface area (Å²) < 4.78 is 5.78. The molecule has 1 N–H and O–H groups in total. The number of nitrogens with one attached hydrogen (secondary N) is 1. The zero-order valence-corrected chi connectivity index (χ0v) is 15.9. The number of rotatable bonds is 4. The first-order chi connectivity index (χ1) is 13.7. The lowest BCUT2D eigenvalue weighted by atomic mass is 9.89. The van der Waals surface area contributed by atoms with Crippen LogP contribution < -0.4 is 4.74 Å². The number of carbonyl (C=O) groups is 1. The van der Waals surface area contributed by atoms with Crippen LogP contribution in [0.2, 0.25) is 0 Å². The van der Waals surface area contributed by atoms with Crippen LogP contribution in [0.4, 0.5) is 0 Å². The van der Waals surface area contributed by atoms with Crippen molar-refractivity contribution in [2.45, 2.75) is 31.8 Å². The molecular formula is C23H23N3O2. The van der Waals surface area contributed by atoms with E-state index in [4.69, 9.17) is 10.00 Å². The van der Waals surface area contributed by atoms with Gasteiger partial charge in [-0.05, 0) is 61.6 Å². The zero-order chi connectivity index (χ0) is 19.5. The molecule has 5 nitrogen and oxygen atoms in total. The normalized spacial score (nSPS) is 15.9. The monoisotopic (exact) mass is 373 g/mol. The van der Waals surface area contributed by atoms with Gasteiger partial charge in [0.2, 0.25) is 0 Å². The van der Waals surface area contributed by atoms with E-state index in [0.717, 1.165) is 25.9 Å². The van der Waals surface area contributed by atoms with Gasteiger partial charge in [-0.2, -0.15) is 5.26 Å². The van der Waals surface area contributed by atoms with Crippen LogP contribution in [0.1, 0.15) is 36.8 Å². The van der Waals surface area contributed by atoms with Crippen LogP contribution in [0.5, 0.6) is 5.75 Å². The maximum atomic E-state index is 12.8. The highest BCUT2D eigenvalue weighted by molar-refractivity contribution is 5.84. The molecule has 2 aromatic carbocycles. The molecule has 1 atom stereocenters. The molecule has 0 radical (unpaired) electrons. The van der Waals surface area contributed by atoms with E-state index < -0.39 is 6.10 Å². The Kier molecular flexibility index (Phi) is 5.03. The number of nitrogens with zero attached hydrogens (tertiary/aromatic N) is 2. The number of aromatic amines is 1. The minimum Gasteiger partial charge on any atom is -0.481 e. The Balaban J connectivity index is 1.36. The summed E-state index contributed by atoms with van der Waals surface area (Å²) in [6.07, 6.45) is 3.48. The molecule has 4 rings (SSSR count). The number of ether oxygens (including phenoxy) is 1. The summed E-state index contributed by atoms with van der Waals surface area (Å²) >= 11 is 0. The smallest absolute Gasteiger partial charge is 0.263 e. The minimum absolute atomic E-state index is 0.0155. The fraction of sp³-hybridized carbons (Fsp3) is 0.304. The first-order valence-electron chi connectivity index (χ1n) is 9.67. The van der Waals surface area contributed by atoms with Gasteiger partial charge in [0.25, 0.3) is 5.91 Å². The van der Waals surface area contributed by atoms with Crippen molar-refractivity contribution in [2.75, 3.05) is 13.1 Å². The standard InChI is InChI=1S/C23H23N3O2/c1-16(28-19-8-6-17(14-24)7-9-19)23(27)26-12-10-18(11-13-26)21-15-25-22-5-3-2-4-20(21)22/h2-9,15-16,18,25H,10-13H2,1H3. The number of benzene rings is 2. The highest BCUT2D eigenvalue weighted by Gasteiger charge is 2.28. The van der Waals surface area contributed by atoms with Crippen molar-refractivity contribution in [1.29, 1.82) is 5.26 Å². The summed E-state index contributed by atoms with van der Waals surface area (Å²) in [6, 6.07) is 17.3. The van der Waals surface area contributed by atoms with Gasteiger partial charge in [-0.15, -0.1) is 0 Å². The van der Waals surface area contributed by atoms with Crippen molar-refractivity contribution in [2.24, 2.45) is 0 Å². The van der Waals surface area contributed by atoms with Crippen molar-refractivity contribution in [3.63, 3.8) is 0 Å². The molecular weight excluding hydrogens is 350 g/mol. The first kappa shape index (κ1) is 18.1. The Morgan fingerprint density at radius 3 is 2.61 bits per heavy atom. The molecule has 2 heterocycles. The van der Waals surface area contributed by atoms with E-state index >= 15 is 0 Å². The summed E-state index contributed by atoms with van der Waals surface area (Å²) in [5.74, 6) is 1.09. The van der Waals surface area contributed by atoms with Crippen LogP contribution in [-0.2, 0) is 4.79 Å². The second kappa shape index (κ2) is 7.77. The molecule has 3 aromatic rings. The van der Waals surface area contributed by atoms with Gasteiger partial charge in [0, 0.05) is 30.2 Å². The third-order valence-corrected chi connectivity index (χ3v) is 5.51. The predicted octanol–water partition coefficient (Wildman–Crippen LogP) is 4.21. The SMILES string of the molecule is CC(Oc1ccc(C#N)cc1)C(=O)N1CCC(c2c[nH]c3ccccc23)CC1. The van der Waals surface area contributed by atoms with E-state index in [2.05, 4.69) is 35.4 Å². The van der Waals surface area contributed by atoms with Gasteiger partial charge in [0.05, 0.1) is 11.6 Å². The van der Waals surface area contributed by atoms with E-state index in [1.54, 1.807) is 31.2 Å². The number of hydrogen-bond acceptors (Lipinski definition) is 3. The molecule has 5 heteroatoms. The summed E-state index contributed by atoms with van der Waals surface area (Å²) in [5.41, 5.74) is 3.09. The minimum atomic E-state index is -0.544. The van der Waals surface area contributed by atoms with E-state index in [9.17, 15) is 4.79 Å². The topological polar surface area (TPSA) is 69.1 Å². The largest absolute Gasteiger partial charge is 0.481 e. The fourth-order valence-electron chi connectivity index (χ4n) is 3.96. The van der Waals surface area contributed by atoms with Crippen LogP contribution in [0.3, 0.4) is 0 Å². The molecule has 0 bridgehead atoms. The van der Waals surface area contributed by atoms with E-state index in [-0.39, 0.29) is 5.91 Å². The molecule has 1 fully saturated rings. The third kappa shape index (κ3) is 3.59. The number of piperidine rings is 1. The van der Waals surface area contributed by atoms with Crippen LogP contribution in [0, 0.1) is 11.3 Å². The second-order valence-electron chi connectivity index (χ2n) is 7.29. The average Bonchev–Trinajstić information content (AvgIpc) is 3.18. The van der Waals surface area contributed by atoms with Crippen molar-refractivity contribution in [1.82, 2.24) is 9.88 Å². The molecule has 0 spiro atoms. The lowest BCUT2D eigenvalue weighted by Crippen LogP contribution is -2.44. The van der Waals surface area contributed by atoms with Crippen LogP contribution >= 0.6 is 0 Å². The van der Waals surface area contributed by atoms with Gasteiger partial charge in [-0.25, -0.2) is 0 Å². The van der Waals surface area contributed by atoms with Crippen molar-refractivity contribution in [3.8, 4) is 11.8 Å². The molecule has 1 saturated heterocycles. The maximum Gasteiger partial charge on any atom is 0.263 e. The van der Waals surface area contributed by atoms with Crippen LogP contribution in [0.15, 0.2) is 54.7 Å². The van der Waals surface area contributed by atoms with Gasteiger partial charge < -0.3 is 14.6 Å². The molecule has 1 aromatic heterocycles. The van der Waals surface area contributed by atoms with E-state index in [0.29, 0.717) is 17.2 Å². The summed E-state index contributed by atoms with van der Waals surface area (Å²) in [7, 11) is 0.